The summed E-state index contributed by atoms with van der Waals surface area (Å²) in [5, 5.41) is 11.0. The van der Waals surface area contributed by atoms with Gasteiger partial charge in [-0.1, -0.05) is 12.5 Å². The third-order valence-corrected chi connectivity index (χ3v) is 5.40. The second kappa shape index (κ2) is 9.97. The van der Waals surface area contributed by atoms with Crippen LogP contribution in [0.2, 0.25) is 0 Å². The van der Waals surface area contributed by atoms with E-state index < -0.39 is 0 Å². The summed E-state index contributed by atoms with van der Waals surface area (Å²) in [6, 6.07) is 11.1. The zero-order valence-electron chi connectivity index (χ0n) is 17.2. The lowest BCUT2D eigenvalue weighted by Gasteiger charge is -2.25. The van der Waals surface area contributed by atoms with Crippen molar-refractivity contribution in [2.45, 2.75) is 38.6 Å². The number of hydrogen-bond acceptors (Lipinski definition) is 6. The Balaban J connectivity index is 1.29. The number of aromatic nitrogens is 4. The number of nitrogens with one attached hydrogen (secondary N) is 2. The van der Waals surface area contributed by atoms with E-state index >= 15 is 0 Å². The molecule has 1 aliphatic rings. The number of benzene rings is 1. The molecular formula is C23H25N5O3. The molecule has 1 aromatic carbocycles. The minimum absolute atomic E-state index is 0.157. The van der Waals surface area contributed by atoms with Gasteiger partial charge in [0.2, 0.25) is 5.91 Å². The summed E-state index contributed by atoms with van der Waals surface area (Å²) >= 11 is 0. The Morgan fingerprint density at radius 3 is 2.68 bits per heavy atom. The number of hydrogen-bond donors (Lipinski definition) is 2. The largest absolute Gasteiger partial charge is 0.493 e. The highest BCUT2D eigenvalue weighted by atomic mass is 16.5. The Hall–Kier alpha value is -3.55. The molecule has 0 unspecified atom stereocenters. The minimum Gasteiger partial charge on any atom is -0.493 e. The molecule has 3 aromatic rings. The fraction of sp³-hybridized carbons (Fsp3) is 0.348. The number of carbonyl (C=O) groups excluding carboxylic acids is 1. The molecule has 8 nitrogen and oxygen atoms in total. The van der Waals surface area contributed by atoms with Gasteiger partial charge in [-0.25, -0.2) is 0 Å². The highest BCUT2D eigenvalue weighted by Gasteiger charge is 2.17. The molecule has 0 radical (unpaired) electrons. The first-order valence-corrected chi connectivity index (χ1v) is 10.5. The van der Waals surface area contributed by atoms with Crippen LogP contribution in [0, 0.1) is 5.92 Å². The summed E-state index contributed by atoms with van der Waals surface area (Å²) in [5.74, 6) is 1.71. The normalized spacial score (nSPS) is 13.4. The third kappa shape index (κ3) is 5.75. The topological polar surface area (TPSA) is 110 Å². The molecule has 4 rings (SSSR count). The van der Waals surface area contributed by atoms with E-state index in [1.54, 1.807) is 12.4 Å². The van der Waals surface area contributed by atoms with Crippen molar-refractivity contribution >= 4 is 5.91 Å². The van der Waals surface area contributed by atoms with Gasteiger partial charge in [-0.2, -0.15) is 0 Å². The number of carbonyl (C=O) groups is 1. The van der Waals surface area contributed by atoms with Crippen molar-refractivity contribution in [3.63, 3.8) is 0 Å². The Morgan fingerprint density at radius 1 is 1.16 bits per heavy atom. The molecular weight excluding hydrogens is 394 g/mol. The van der Waals surface area contributed by atoms with E-state index in [1.165, 1.54) is 19.3 Å². The van der Waals surface area contributed by atoms with E-state index in [2.05, 4.69) is 25.5 Å². The fourth-order valence-electron chi connectivity index (χ4n) is 3.26. The third-order valence-electron chi connectivity index (χ3n) is 5.40. The summed E-state index contributed by atoms with van der Waals surface area (Å²) in [4.78, 5) is 31.2. The van der Waals surface area contributed by atoms with Gasteiger partial charge >= 0.3 is 0 Å². The van der Waals surface area contributed by atoms with Crippen molar-refractivity contribution in [2.75, 3.05) is 6.61 Å². The van der Waals surface area contributed by atoms with Gasteiger partial charge < -0.3 is 15.0 Å². The Morgan fingerprint density at radius 2 is 2.00 bits per heavy atom. The van der Waals surface area contributed by atoms with Crippen LogP contribution in [0.15, 0.2) is 53.6 Å². The first kappa shape index (κ1) is 20.7. The number of pyridine rings is 1. The molecule has 2 N–H and O–H groups in total. The van der Waals surface area contributed by atoms with E-state index in [9.17, 15) is 9.59 Å². The maximum Gasteiger partial charge on any atom is 0.273 e. The van der Waals surface area contributed by atoms with Crippen LogP contribution in [-0.2, 0) is 17.8 Å². The van der Waals surface area contributed by atoms with Crippen molar-refractivity contribution in [1.29, 1.82) is 0 Å². The predicted molar refractivity (Wildman–Crippen MR) is 115 cm³/mol. The van der Waals surface area contributed by atoms with Crippen LogP contribution in [-0.4, -0.2) is 32.7 Å². The van der Waals surface area contributed by atoms with Crippen molar-refractivity contribution in [1.82, 2.24) is 25.5 Å². The monoisotopic (exact) mass is 419 g/mol. The van der Waals surface area contributed by atoms with Gasteiger partial charge in [0.05, 0.1) is 6.61 Å². The fourth-order valence-corrected chi connectivity index (χ4v) is 3.26. The minimum atomic E-state index is -0.338. The number of ether oxygens (including phenoxy) is 1. The predicted octanol–water partition coefficient (Wildman–Crippen LogP) is 2.65. The standard InChI is InChI=1S/C23H25N5O3/c29-21(25-14-17-5-2-12-24-13-17)11-10-20-23(30)26-22(28-27-20)18-6-8-19(9-7-18)31-15-16-3-1-4-16/h2,5-9,12-13,16H,1,3-4,10-11,14-15H2,(H,25,29)(H,26,28,30). The van der Waals surface area contributed by atoms with Crippen LogP contribution in [0.4, 0.5) is 0 Å². The number of amides is 1. The SMILES string of the molecule is O=C(CCc1nnc(-c2ccc(OCC3CCC3)cc2)[nH]c1=O)NCc1cccnc1. The average Bonchev–Trinajstić information content (AvgIpc) is 2.77. The maximum absolute atomic E-state index is 12.4. The summed E-state index contributed by atoms with van der Waals surface area (Å²) in [7, 11) is 0. The Labute approximate surface area is 180 Å². The van der Waals surface area contributed by atoms with Gasteiger partial charge in [-0.3, -0.25) is 14.6 Å². The number of H-pyrrole nitrogens is 1. The molecule has 1 saturated carbocycles. The van der Waals surface area contributed by atoms with Crippen molar-refractivity contribution in [3.8, 4) is 17.1 Å². The number of nitrogens with zero attached hydrogens (tertiary/aromatic N) is 3. The van der Waals surface area contributed by atoms with Crippen molar-refractivity contribution in [3.05, 3.63) is 70.4 Å². The summed E-state index contributed by atoms with van der Waals surface area (Å²) < 4.78 is 5.80. The Kier molecular flexibility index (Phi) is 6.66. The molecule has 0 saturated heterocycles. The number of aromatic amines is 1. The highest BCUT2D eigenvalue weighted by molar-refractivity contribution is 5.76. The molecule has 2 aromatic heterocycles. The lowest BCUT2D eigenvalue weighted by molar-refractivity contribution is -0.121. The van der Waals surface area contributed by atoms with Crippen molar-refractivity contribution in [2.24, 2.45) is 5.92 Å². The maximum atomic E-state index is 12.4. The van der Waals surface area contributed by atoms with Gasteiger partial charge in [-0.15, -0.1) is 10.2 Å². The van der Waals surface area contributed by atoms with E-state index in [0.29, 0.717) is 18.3 Å². The molecule has 1 amide bonds. The lowest BCUT2D eigenvalue weighted by atomic mass is 9.86. The Bertz CT molecular complexity index is 1060. The second-order valence-electron chi connectivity index (χ2n) is 7.72. The molecule has 0 aliphatic heterocycles. The molecule has 0 spiro atoms. The summed E-state index contributed by atoms with van der Waals surface area (Å²) in [6.07, 6.45) is 7.53. The molecule has 2 heterocycles. The van der Waals surface area contributed by atoms with Crippen LogP contribution in [0.25, 0.3) is 11.4 Å². The van der Waals surface area contributed by atoms with Crippen LogP contribution >= 0.6 is 0 Å². The van der Waals surface area contributed by atoms with Gasteiger partial charge in [0.1, 0.15) is 11.4 Å². The highest BCUT2D eigenvalue weighted by Crippen LogP contribution is 2.27. The second-order valence-corrected chi connectivity index (χ2v) is 7.72. The van der Waals surface area contributed by atoms with Gasteiger partial charge in [0.25, 0.3) is 5.56 Å². The van der Waals surface area contributed by atoms with E-state index in [1.807, 2.05) is 36.4 Å². The molecule has 160 valence electrons. The van der Waals surface area contributed by atoms with Gasteiger partial charge in [0.15, 0.2) is 5.82 Å². The van der Waals surface area contributed by atoms with Crippen LogP contribution in [0.5, 0.6) is 5.75 Å². The number of aryl methyl sites for hydroxylation is 1. The van der Waals surface area contributed by atoms with Crippen LogP contribution in [0.1, 0.15) is 36.9 Å². The van der Waals surface area contributed by atoms with E-state index in [4.69, 9.17) is 4.74 Å². The zero-order chi connectivity index (χ0) is 21.5. The van der Waals surface area contributed by atoms with Crippen LogP contribution in [0.3, 0.4) is 0 Å². The molecule has 0 atom stereocenters. The van der Waals surface area contributed by atoms with Crippen molar-refractivity contribution < 1.29 is 9.53 Å². The molecule has 31 heavy (non-hydrogen) atoms. The smallest absolute Gasteiger partial charge is 0.273 e. The summed E-state index contributed by atoms with van der Waals surface area (Å²) in [5.41, 5.74) is 1.56. The molecule has 0 bridgehead atoms. The zero-order valence-corrected chi connectivity index (χ0v) is 17.2. The van der Waals surface area contributed by atoms with Gasteiger partial charge in [0, 0.05) is 37.3 Å². The lowest BCUT2D eigenvalue weighted by Crippen LogP contribution is -2.25. The van der Waals surface area contributed by atoms with Gasteiger partial charge in [-0.05, 0) is 54.7 Å². The summed E-state index contributed by atoms with van der Waals surface area (Å²) in [6.45, 7) is 1.15. The first-order chi connectivity index (χ1) is 15.2. The number of rotatable bonds is 9. The van der Waals surface area contributed by atoms with E-state index in [-0.39, 0.29) is 30.0 Å². The average molecular weight is 419 g/mol. The van der Waals surface area contributed by atoms with E-state index in [0.717, 1.165) is 23.5 Å². The molecule has 1 aliphatic carbocycles. The first-order valence-electron chi connectivity index (χ1n) is 10.5. The molecule has 8 heteroatoms. The molecule has 1 fully saturated rings. The quantitative estimate of drug-likeness (QED) is 0.552. The van der Waals surface area contributed by atoms with Crippen LogP contribution < -0.4 is 15.6 Å².